The summed E-state index contributed by atoms with van der Waals surface area (Å²) in [6.45, 7) is -0.339. The van der Waals surface area contributed by atoms with Crippen molar-refractivity contribution >= 4 is 40.4 Å². The zero-order valence-electron chi connectivity index (χ0n) is 18.0. The van der Waals surface area contributed by atoms with Crippen molar-refractivity contribution in [2.24, 2.45) is 5.73 Å². The van der Waals surface area contributed by atoms with Gasteiger partial charge in [0.1, 0.15) is 11.3 Å². The van der Waals surface area contributed by atoms with E-state index in [-0.39, 0.29) is 29.3 Å². The quantitative estimate of drug-likeness (QED) is 0.326. The molecule has 0 bridgehead atoms. The van der Waals surface area contributed by atoms with E-state index in [1.165, 1.54) is 26.0 Å². The van der Waals surface area contributed by atoms with Crippen LogP contribution >= 0.6 is 22.6 Å². The number of hydrogen-bond donors (Lipinski definition) is 1. The monoisotopic (exact) mass is 565 g/mol. The first-order valence-corrected chi connectivity index (χ1v) is 10.5. The van der Waals surface area contributed by atoms with Crippen LogP contribution in [0.25, 0.3) is 16.9 Å². The van der Waals surface area contributed by atoms with Crippen LogP contribution in [0, 0.1) is 3.57 Å². The number of ether oxygens (including phenoxy) is 4. The molecule has 0 aliphatic carbocycles. The summed E-state index contributed by atoms with van der Waals surface area (Å²) in [5.74, 6) is -1.59. The highest BCUT2D eigenvalue weighted by Gasteiger charge is 2.32. The second kappa shape index (κ2) is 10.3. The summed E-state index contributed by atoms with van der Waals surface area (Å²) in [5.41, 5.74) is 6.17. The van der Waals surface area contributed by atoms with E-state index < -0.39 is 17.8 Å². The molecule has 2 N–H and O–H groups in total. The van der Waals surface area contributed by atoms with E-state index in [2.05, 4.69) is 5.10 Å². The fraction of sp³-hybridized carbons (Fsp3) is 0.182. The van der Waals surface area contributed by atoms with Crippen LogP contribution in [-0.4, -0.2) is 55.6 Å². The van der Waals surface area contributed by atoms with Gasteiger partial charge in [0.25, 0.3) is 5.91 Å². The highest BCUT2D eigenvalue weighted by Crippen LogP contribution is 2.39. The van der Waals surface area contributed by atoms with E-state index in [0.717, 1.165) is 0 Å². The number of para-hydroxylation sites is 1. The van der Waals surface area contributed by atoms with Crippen LogP contribution < -0.4 is 15.2 Å². The Kier molecular flexibility index (Phi) is 7.53. The number of primary amides is 1. The molecule has 0 saturated heterocycles. The third kappa shape index (κ3) is 4.92. The first kappa shape index (κ1) is 24.0. The molecule has 1 amide bonds. The minimum atomic E-state index is -0.768. The Balaban J connectivity index is 2.29. The number of halogens is 1. The van der Waals surface area contributed by atoms with Crippen molar-refractivity contribution in [1.82, 2.24) is 9.78 Å². The maximum atomic E-state index is 12.8. The Morgan fingerprint density at radius 2 is 1.70 bits per heavy atom. The van der Waals surface area contributed by atoms with Gasteiger partial charge in [-0.2, -0.15) is 5.10 Å². The molecule has 0 spiro atoms. The van der Waals surface area contributed by atoms with E-state index in [9.17, 15) is 14.4 Å². The van der Waals surface area contributed by atoms with Crippen LogP contribution in [0.5, 0.6) is 11.5 Å². The second-order valence-electron chi connectivity index (χ2n) is 6.55. The Hall–Kier alpha value is -3.61. The summed E-state index contributed by atoms with van der Waals surface area (Å²) >= 11 is 2.00. The molecule has 33 heavy (non-hydrogen) atoms. The maximum absolute atomic E-state index is 12.8. The number of aromatic nitrogens is 2. The Bertz CT molecular complexity index is 1210. The summed E-state index contributed by atoms with van der Waals surface area (Å²) in [6, 6.07) is 12.1. The highest BCUT2D eigenvalue weighted by molar-refractivity contribution is 14.1. The highest BCUT2D eigenvalue weighted by atomic mass is 127. The maximum Gasteiger partial charge on any atom is 0.357 e. The minimum absolute atomic E-state index is 0.0724. The standard InChI is InChI=1S/C22H20IN3O7/c1-30-15-10-12(9-14(23)20(15)33-11-16(24)27)18-17(21(28)31-2)19(22(29)32-3)26(25-18)13-7-5-4-6-8-13/h4-10H,11H2,1-3H3,(H2,24,27). The van der Waals surface area contributed by atoms with Gasteiger partial charge in [0.05, 0.1) is 30.6 Å². The van der Waals surface area contributed by atoms with Gasteiger partial charge in [-0.05, 0) is 46.9 Å². The lowest BCUT2D eigenvalue weighted by atomic mass is 10.0. The number of nitrogens with zero attached hydrogens (tertiary/aromatic N) is 2. The fourth-order valence-corrected chi connectivity index (χ4v) is 3.85. The van der Waals surface area contributed by atoms with Crippen LogP contribution in [0.4, 0.5) is 0 Å². The van der Waals surface area contributed by atoms with Crippen LogP contribution in [0.15, 0.2) is 42.5 Å². The molecular formula is C22H20IN3O7. The van der Waals surface area contributed by atoms with Gasteiger partial charge in [-0.3, -0.25) is 4.79 Å². The van der Waals surface area contributed by atoms with Gasteiger partial charge >= 0.3 is 11.9 Å². The van der Waals surface area contributed by atoms with Crippen molar-refractivity contribution in [3.63, 3.8) is 0 Å². The number of esters is 2. The van der Waals surface area contributed by atoms with E-state index >= 15 is 0 Å². The van der Waals surface area contributed by atoms with Gasteiger partial charge in [-0.1, -0.05) is 18.2 Å². The average Bonchev–Trinajstić information content (AvgIpc) is 3.23. The van der Waals surface area contributed by atoms with Crippen molar-refractivity contribution < 1.29 is 33.3 Å². The molecule has 3 aromatic rings. The number of nitrogens with two attached hydrogens (primary N) is 1. The van der Waals surface area contributed by atoms with E-state index in [1.807, 2.05) is 28.7 Å². The lowest BCUT2D eigenvalue weighted by molar-refractivity contribution is -0.120. The molecular weight excluding hydrogens is 545 g/mol. The SMILES string of the molecule is COC(=O)c1c(-c2cc(I)c(OCC(N)=O)c(OC)c2)nn(-c2ccccc2)c1C(=O)OC. The molecule has 10 nitrogen and oxygen atoms in total. The summed E-state index contributed by atoms with van der Waals surface area (Å²) in [7, 11) is 3.84. The summed E-state index contributed by atoms with van der Waals surface area (Å²) < 4.78 is 22.6. The molecule has 0 aliphatic rings. The number of hydrogen-bond acceptors (Lipinski definition) is 8. The van der Waals surface area contributed by atoms with Crippen molar-refractivity contribution in [1.29, 1.82) is 0 Å². The normalized spacial score (nSPS) is 10.4. The summed E-state index contributed by atoms with van der Waals surface area (Å²) in [4.78, 5) is 36.6. The zero-order valence-corrected chi connectivity index (χ0v) is 20.1. The number of carbonyl (C=O) groups is 3. The number of benzene rings is 2. The lowest BCUT2D eigenvalue weighted by Crippen LogP contribution is -2.20. The van der Waals surface area contributed by atoms with Crippen LogP contribution in [0.3, 0.4) is 0 Å². The molecule has 0 fully saturated rings. The van der Waals surface area contributed by atoms with Crippen molar-refractivity contribution in [3.8, 4) is 28.4 Å². The molecule has 0 radical (unpaired) electrons. The largest absolute Gasteiger partial charge is 0.493 e. The van der Waals surface area contributed by atoms with Gasteiger partial charge < -0.3 is 24.7 Å². The van der Waals surface area contributed by atoms with E-state index in [4.69, 9.17) is 24.7 Å². The molecule has 0 aliphatic heterocycles. The smallest absolute Gasteiger partial charge is 0.357 e. The van der Waals surface area contributed by atoms with Gasteiger partial charge in [-0.25, -0.2) is 14.3 Å². The van der Waals surface area contributed by atoms with Crippen molar-refractivity contribution in [3.05, 3.63) is 57.3 Å². The third-order valence-corrected chi connectivity index (χ3v) is 5.32. The Morgan fingerprint density at radius 1 is 1.03 bits per heavy atom. The Labute approximate surface area is 202 Å². The molecule has 0 unspecified atom stereocenters. The van der Waals surface area contributed by atoms with Crippen molar-refractivity contribution in [2.45, 2.75) is 0 Å². The molecule has 0 saturated carbocycles. The third-order valence-electron chi connectivity index (χ3n) is 4.52. The minimum Gasteiger partial charge on any atom is -0.493 e. The van der Waals surface area contributed by atoms with E-state index in [1.54, 1.807) is 36.4 Å². The van der Waals surface area contributed by atoms with Crippen molar-refractivity contribution in [2.75, 3.05) is 27.9 Å². The van der Waals surface area contributed by atoms with Crippen LogP contribution in [0.1, 0.15) is 20.8 Å². The molecule has 3 rings (SSSR count). The van der Waals surface area contributed by atoms with Crippen LogP contribution in [-0.2, 0) is 14.3 Å². The number of amides is 1. The van der Waals surface area contributed by atoms with E-state index in [0.29, 0.717) is 20.6 Å². The first-order valence-electron chi connectivity index (χ1n) is 9.46. The van der Waals surface area contributed by atoms with Gasteiger partial charge in [0.15, 0.2) is 23.8 Å². The van der Waals surface area contributed by atoms with Crippen LogP contribution in [0.2, 0.25) is 0 Å². The molecule has 172 valence electrons. The predicted octanol–water partition coefficient (Wildman–Crippen LogP) is 2.59. The van der Waals surface area contributed by atoms with Gasteiger partial charge in [0.2, 0.25) is 0 Å². The number of rotatable bonds is 8. The zero-order chi connectivity index (χ0) is 24.1. The van der Waals surface area contributed by atoms with Gasteiger partial charge in [0, 0.05) is 5.56 Å². The fourth-order valence-electron chi connectivity index (χ4n) is 3.10. The molecule has 11 heteroatoms. The average molecular weight is 565 g/mol. The molecule has 1 aromatic heterocycles. The molecule has 2 aromatic carbocycles. The summed E-state index contributed by atoms with van der Waals surface area (Å²) in [6.07, 6.45) is 0. The predicted molar refractivity (Wildman–Crippen MR) is 126 cm³/mol. The molecule has 1 heterocycles. The molecule has 0 atom stereocenters. The second-order valence-corrected chi connectivity index (χ2v) is 7.71. The topological polar surface area (TPSA) is 132 Å². The number of carbonyl (C=O) groups excluding carboxylic acids is 3. The first-order chi connectivity index (χ1) is 15.8. The van der Waals surface area contributed by atoms with Gasteiger partial charge in [-0.15, -0.1) is 0 Å². The summed E-state index contributed by atoms with van der Waals surface area (Å²) in [5, 5.41) is 4.55. The number of methoxy groups -OCH3 is 3. The Morgan fingerprint density at radius 3 is 2.27 bits per heavy atom. The lowest BCUT2D eigenvalue weighted by Gasteiger charge is -2.13.